The van der Waals surface area contributed by atoms with Crippen LogP contribution in [-0.4, -0.2) is 75.2 Å². The number of carbonyl (C=O) groups is 1. The number of hydrogen-bond donors (Lipinski definition) is 8. The standard InChI is InChI=1S/C26H19N7O13S3/c34-22-20-12(10-19(49(44,45)46)21(22)33-32-13-5-7-14(8-6-13)47(38,39)40)9-15(48(41,42)43)11-18(20)28-25-29-24(30-26(37)31-25)27-17-4-2-1-3-16(17)23(35)36/h1-11,34H,(H,35,36)(H,38,39,40)(H,41,42,43)(H,44,45,46)(H3,27,28,29,30,31,37)/b33-32+. The zero-order chi connectivity index (χ0) is 35.9. The topological polar surface area (TPSA) is 328 Å². The third-order valence-electron chi connectivity index (χ3n) is 6.37. The van der Waals surface area contributed by atoms with Crippen LogP contribution in [0.2, 0.25) is 0 Å². The van der Waals surface area contributed by atoms with Gasteiger partial charge in [0.1, 0.15) is 10.6 Å². The lowest BCUT2D eigenvalue weighted by Crippen LogP contribution is -2.07. The van der Waals surface area contributed by atoms with E-state index in [-0.39, 0.29) is 16.9 Å². The molecule has 0 atom stereocenters. The molecule has 0 spiro atoms. The number of phenols is 1. The van der Waals surface area contributed by atoms with Crippen molar-refractivity contribution in [1.82, 2.24) is 15.0 Å². The number of nitrogens with one attached hydrogen (secondary N) is 2. The molecule has 254 valence electrons. The minimum absolute atomic E-state index is 0.00314. The van der Waals surface area contributed by atoms with E-state index in [2.05, 4.69) is 35.8 Å². The van der Waals surface area contributed by atoms with Crippen molar-refractivity contribution >= 4 is 81.7 Å². The van der Waals surface area contributed by atoms with Gasteiger partial charge in [0.15, 0.2) is 5.75 Å². The molecular formula is C26H19N7O13S3. The van der Waals surface area contributed by atoms with Gasteiger partial charge in [0.2, 0.25) is 11.9 Å². The van der Waals surface area contributed by atoms with Crippen LogP contribution in [-0.2, 0) is 30.4 Å². The third-order valence-corrected chi connectivity index (χ3v) is 8.94. The van der Waals surface area contributed by atoms with Gasteiger partial charge in [-0.3, -0.25) is 13.7 Å². The number of phenolic OH excluding ortho intramolecular Hbond substituents is 1. The highest BCUT2D eigenvalue weighted by atomic mass is 32.2. The van der Waals surface area contributed by atoms with Crippen molar-refractivity contribution in [2.24, 2.45) is 10.2 Å². The van der Waals surface area contributed by atoms with E-state index in [1.54, 1.807) is 0 Å². The lowest BCUT2D eigenvalue weighted by molar-refractivity contribution is 0.0698. The zero-order valence-corrected chi connectivity index (χ0v) is 26.3. The molecule has 4 aromatic carbocycles. The van der Waals surface area contributed by atoms with Gasteiger partial charge in [0.05, 0.1) is 32.4 Å². The van der Waals surface area contributed by atoms with Gasteiger partial charge >= 0.3 is 12.0 Å². The van der Waals surface area contributed by atoms with E-state index >= 15 is 0 Å². The number of benzene rings is 4. The van der Waals surface area contributed by atoms with Crippen LogP contribution in [0.4, 0.5) is 34.6 Å². The molecule has 0 aliphatic carbocycles. The normalized spacial score (nSPS) is 12.3. The number of aromatic hydroxyl groups is 2. The summed E-state index contributed by atoms with van der Waals surface area (Å²) in [5.74, 6) is -3.29. The number of azo groups is 1. The van der Waals surface area contributed by atoms with Gasteiger partial charge in [0, 0.05) is 5.39 Å². The monoisotopic (exact) mass is 733 g/mol. The van der Waals surface area contributed by atoms with Gasteiger partial charge in [-0.05, 0) is 60.0 Å². The molecule has 5 aromatic rings. The highest BCUT2D eigenvalue weighted by molar-refractivity contribution is 7.86. The van der Waals surface area contributed by atoms with Crippen LogP contribution in [0.25, 0.3) is 10.8 Å². The largest absolute Gasteiger partial charge is 0.505 e. The van der Waals surface area contributed by atoms with Gasteiger partial charge in [-0.1, -0.05) is 12.1 Å². The molecule has 49 heavy (non-hydrogen) atoms. The predicted molar refractivity (Wildman–Crippen MR) is 167 cm³/mol. The number of rotatable bonds is 10. The molecule has 0 amide bonds. The maximum absolute atomic E-state index is 12.3. The Hall–Kier alpha value is -5.85. The summed E-state index contributed by atoms with van der Waals surface area (Å²) in [7, 11) is -14.8. The van der Waals surface area contributed by atoms with Crippen molar-refractivity contribution in [3.05, 3.63) is 72.3 Å². The maximum Gasteiger partial charge on any atom is 0.337 e. The molecule has 5 rings (SSSR count). The second-order valence-corrected chi connectivity index (χ2v) is 13.9. The molecule has 0 bridgehead atoms. The Morgan fingerprint density at radius 1 is 0.673 bits per heavy atom. The second-order valence-electron chi connectivity index (χ2n) is 9.64. The summed E-state index contributed by atoms with van der Waals surface area (Å²) in [6, 6.07) is 10.9. The Kier molecular flexibility index (Phi) is 8.89. The molecule has 0 fully saturated rings. The number of carboxylic acid groups (broad SMARTS) is 1. The van der Waals surface area contributed by atoms with Gasteiger partial charge in [-0.15, -0.1) is 5.11 Å². The van der Waals surface area contributed by atoms with E-state index in [1.165, 1.54) is 24.3 Å². The first kappa shape index (κ1) is 34.5. The van der Waals surface area contributed by atoms with Crippen LogP contribution in [0.5, 0.6) is 11.8 Å². The quantitative estimate of drug-likeness (QED) is 0.0747. The average molecular weight is 734 g/mol. The molecule has 0 saturated heterocycles. The number of aromatic nitrogens is 3. The number of fused-ring (bicyclic) bond motifs is 1. The van der Waals surface area contributed by atoms with Crippen LogP contribution in [0.1, 0.15) is 10.4 Å². The SMILES string of the molecule is O=C(O)c1ccccc1Nc1nc(O)nc(Nc2cc(S(=O)(=O)O)cc3cc(S(=O)(=O)O)c(/N=N/c4ccc(S(=O)(=O)O)cc4)c(O)c23)n1. The molecule has 0 aliphatic rings. The number of nitrogens with zero attached hydrogens (tertiary/aromatic N) is 5. The summed E-state index contributed by atoms with van der Waals surface area (Å²) in [6.07, 6.45) is 0. The number of para-hydroxylation sites is 1. The van der Waals surface area contributed by atoms with Gasteiger partial charge in [-0.2, -0.15) is 45.3 Å². The molecule has 23 heteroatoms. The zero-order valence-electron chi connectivity index (χ0n) is 23.9. The fourth-order valence-corrected chi connectivity index (χ4v) is 5.97. The van der Waals surface area contributed by atoms with Crippen molar-refractivity contribution in [1.29, 1.82) is 0 Å². The minimum atomic E-state index is -5.22. The molecule has 8 N–H and O–H groups in total. The highest BCUT2D eigenvalue weighted by Gasteiger charge is 2.26. The van der Waals surface area contributed by atoms with E-state index in [4.69, 9.17) is 4.55 Å². The smallest absolute Gasteiger partial charge is 0.337 e. The Labute approximate surface area is 274 Å². The number of anilines is 4. The number of aromatic carboxylic acids is 1. The average Bonchev–Trinajstić information content (AvgIpc) is 2.99. The first-order chi connectivity index (χ1) is 22.8. The Balaban J connectivity index is 1.68. The third kappa shape index (κ3) is 7.67. The fourth-order valence-electron chi connectivity index (χ4n) is 4.29. The summed E-state index contributed by atoms with van der Waals surface area (Å²) in [5, 5.41) is 42.6. The summed E-state index contributed by atoms with van der Waals surface area (Å²) in [6.45, 7) is 0. The Morgan fingerprint density at radius 3 is 1.84 bits per heavy atom. The molecule has 0 saturated carbocycles. The summed E-state index contributed by atoms with van der Waals surface area (Å²) in [5.41, 5.74) is -1.63. The second kappa shape index (κ2) is 12.6. The maximum atomic E-state index is 12.3. The van der Waals surface area contributed by atoms with Crippen molar-refractivity contribution in [3.63, 3.8) is 0 Å². The van der Waals surface area contributed by atoms with Crippen molar-refractivity contribution in [2.75, 3.05) is 10.6 Å². The lowest BCUT2D eigenvalue weighted by Gasteiger charge is -2.15. The molecule has 0 unspecified atom stereocenters. The molecule has 20 nitrogen and oxygen atoms in total. The summed E-state index contributed by atoms with van der Waals surface area (Å²) < 4.78 is 100. The molecule has 0 aliphatic heterocycles. The summed E-state index contributed by atoms with van der Waals surface area (Å²) in [4.78, 5) is 20.5. The number of carboxylic acids is 1. The van der Waals surface area contributed by atoms with Crippen molar-refractivity contribution in [3.8, 4) is 11.8 Å². The van der Waals surface area contributed by atoms with Crippen molar-refractivity contribution < 1.29 is 59.0 Å². The molecule has 1 aromatic heterocycles. The van der Waals surface area contributed by atoms with Crippen LogP contribution >= 0.6 is 0 Å². The van der Waals surface area contributed by atoms with E-state index < -0.39 is 96.8 Å². The van der Waals surface area contributed by atoms with E-state index in [0.29, 0.717) is 6.07 Å². The first-order valence-corrected chi connectivity index (χ1v) is 17.2. The van der Waals surface area contributed by atoms with Gasteiger partial charge in [0.25, 0.3) is 30.4 Å². The molecule has 1 heterocycles. The van der Waals surface area contributed by atoms with Crippen LogP contribution in [0, 0.1) is 0 Å². The number of hydrogen-bond acceptors (Lipinski definition) is 16. The summed E-state index contributed by atoms with van der Waals surface area (Å²) >= 11 is 0. The predicted octanol–water partition coefficient (Wildman–Crippen LogP) is 3.78. The lowest BCUT2D eigenvalue weighted by atomic mass is 10.1. The highest BCUT2D eigenvalue weighted by Crippen LogP contribution is 2.45. The molecule has 0 radical (unpaired) electrons. The Bertz CT molecular complexity index is 2530. The van der Waals surface area contributed by atoms with Crippen LogP contribution in [0.3, 0.4) is 0 Å². The van der Waals surface area contributed by atoms with E-state index in [1.807, 2.05) is 0 Å². The van der Waals surface area contributed by atoms with Crippen molar-refractivity contribution in [2.45, 2.75) is 14.7 Å². The van der Waals surface area contributed by atoms with Gasteiger partial charge < -0.3 is 26.0 Å². The Morgan fingerprint density at radius 2 is 1.27 bits per heavy atom. The minimum Gasteiger partial charge on any atom is -0.505 e. The van der Waals surface area contributed by atoms with Crippen LogP contribution < -0.4 is 10.6 Å². The first-order valence-electron chi connectivity index (χ1n) is 12.9. The molecular weight excluding hydrogens is 715 g/mol. The fraction of sp³-hybridized carbons (Fsp3) is 0. The van der Waals surface area contributed by atoms with E-state index in [9.17, 15) is 54.5 Å². The van der Waals surface area contributed by atoms with Gasteiger partial charge in [-0.25, -0.2) is 4.79 Å². The van der Waals surface area contributed by atoms with E-state index in [0.717, 1.165) is 36.4 Å². The van der Waals surface area contributed by atoms with Crippen LogP contribution in [0.15, 0.2) is 91.6 Å².